The Balaban J connectivity index is 3.89. The third-order valence-corrected chi connectivity index (χ3v) is 3.80. The van der Waals surface area contributed by atoms with Crippen LogP contribution in [-0.4, -0.2) is 50.2 Å². The lowest BCUT2D eigenvalue weighted by molar-refractivity contribution is -0.127. The molecule has 0 aliphatic rings. The molecule has 1 amide bonds. The third-order valence-electron chi connectivity index (χ3n) is 3.80. The Morgan fingerprint density at radius 1 is 0.864 bits per heavy atom. The summed E-state index contributed by atoms with van der Waals surface area (Å²) in [5, 5.41) is 8.72. The third kappa shape index (κ3) is 8.24. The Kier molecular flexibility index (Phi) is 11.6. The number of hydrogen-bond acceptors (Lipinski definition) is 5. The average Bonchev–Trinajstić information content (AvgIpc) is 2.54. The molecule has 0 saturated heterocycles. The van der Waals surface area contributed by atoms with Crippen LogP contribution in [0.5, 0.6) is 0 Å². The van der Waals surface area contributed by atoms with E-state index >= 15 is 0 Å². The maximum atomic E-state index is 11.8. The van der Waals surface area contributed by atoms with E-state index in [1.54, 1.807) is 21.0 Å². The van der Waals surface area contributed by atoms with Crippen LogP contribution in [0.15, 0.2) is 0 Å². The Morgan fingerprint density at radius 2 is 1.41 bits per heavy atom. The molecule has 0 radical (unpaired) electrons. The van der Waals surface area contributed by atoms with E-state index in [-0.39, 0.29) is 29.9 Å². The van der Waals surface area contributed by atoms with Crippen molar-refractivity contribution in [1.82, 2.24) is 16.0 Å². The number of nitrogens with one attached hydrogen (secondary N) is 3. The summed E-state index contributed by atoms with van der Waals surface area (Å²) in [6.45, 7) is 4.23. The molecule has 0 aromatic carbocycles. The topological polar surface area (TPSA) is 87.3 Å². The van der Waals surface area contributed by atoms with E-state index in [9.17, 15) is 14.4 Å². The molecule has 0 fully saturated rings. The fourth-order valence-electron chi connectivity index (χ4n) is 2.29. The molecule has 0 heterocycles. The van der Waals surface area contributed by atoms with E-state index in [1.165, 1.54) is 0 Å². The molecule has 0 rings (SSSR count). The van der Waals surface area contributed by atoms with Crippen LogP contribution in [0.4, 0.5) is 0 Å². The minimum absolute atomic E-state index is 0.0487. The van der Waals surface area contributed by atoms with Crippen LogP contribution < -0.4 is 16.0 Å². The van der Waals surface area contributed by atoms with Crippen LogP contribution in [0.3, 0.4) is 0 Å². The van der Waals surface area contributed by atoms with Gasteiger partial charge in [0, 0.05) is 25.8 Å². The highest BCUT2D eigenvalue weighted by Gasteiger charge is 2.18. The molecule has 0 spiro atoms. The lowest BCUT2D eigenvalue weighted by atomic mass is 10.0. The Hall–Kier alpha value is -1.27. The second-order valence-corrected chi connectivity index (χ2v) is 5.37. The van der Waals surface area contributed by atoms with Gasteiger partial charge in [-0.05, 0) is 33.4 Å². The molecular weight excluding hydrogens is 282 g/mol. The van der Waals surface area contributed by atoms with Gasteiger partial charge >= 0.3 is 0 Å². The molecule has 0 aromatic rings. The van der Waals surface area contributed by atoms with Gasteiger partial charge in [-0.25, -0.2) is 0 Å². The number of Topliss-reactive ketones (excluding diaryl/α,β-unsaturated/α-hetero) is 2. The molecule has 0 aliphatic heterocycles. The monoisotopic (exact) mass is 313 g/mol. The molecule has 0 bridgehead atoms. The summed E-state index contributed by atoms with van der Waals surface area (Å²) in [5.41, 5.74) is 0. The van der Waals surface area contributed by atoms with Crippen molar-refractivity contribution >= 4 is 17.5 Å². The summed E-state index contributed by atoms with van der Waals surface area (Å²) in [6.07, 6.45) is 3.63. The van der Waals surface area contributed by atoms with Gasteiger partial charge in [0.05, 0.1) is 12.1 Å². The lowest BCUT2D eigenvalue weighted by Gasteiger charge is -2.15. The van der Waals surface area contributed by atoms with Crippen LogP contribution in [-0.2, 0) is 14.4 Å². The fraction of sp³-hybridized carbons (Fsp3) is 0.812. The summed E-state index contributed by atoms with van der Waals surface area (Å²) in [6, 6.07) is -0.489. The first-order valence-electron chi connectivity index (χ1n) is 8.16. The first kappa shape index (κ1) is 20.7. The van der Waals surface area contributed by atoms with Crippen molar-refractivity contribution in [2.24, 2.45) is 0 Å². The van der Waals surface area contributed by atoms with Gasteiger partial charge in [0.1, 0.15) is 11.6 Å². The standard InChI is InChI=1S/C16H31N3O3/c1-5-14(20)12(17-3)9-7-8-10-19-16(22)11-13(18-4)15(21)6-2/h12-13,17-18H,5-11H2,1-4H3,(H,19,22)/t12-,13-/m0/s1. The zero-order valence-electron chi connectivity index (χ0n) is 14.3. The van der Waals surface area contributed by atoms with Crippen molar-refractivity contribution in [3.63, 3.8) is 0 Å². The number of hydrogen-bond donors (Lipinski definition) is 3. The number of carbonyl (C=O) groups excluding carboxylic acids is 3. The van der Waals surface area contributed by atoms with Crippen LogP contribution >= 0.6 is 0 Å². The second kappa shape index (κ2) is 12.3. The van der Waals surface area contributed by atoms with Crippen LogP contribution in [0.1, 0.15) is 52.4 Å². The fourth-order valence-corrected chi connectivity index (χ4v) is 2.29. The zero-order chi connectivity index (χ0) is 17.0. The molecule has 0 aliphatic carbocycles. The van der Waals surface area contributed by atoms with E-state index < -0.39 is 6.04 Å². The Labute approximate surface area is 133 Å². The molecule has 0 unspecified atom stereocenters. The number of unbranched alkanes of at least 4 members (excludes halogenated alkanes) is 1. The summed E-state index contributed by atoms with van der Waals surface area (Å²) in [7, 11) is 3.48. The summed E-state index contributed by atoms with van der Waals surface area (Å²) < 4.78 is 0. The quantitative estimate of drug-likeness (QED) is 0.438. The minimum atomic E-state index is -0.402. The van der Waals surface area contributed by atoms with Crippen LogP contribution in [0.25, 0.3) is 0 Å². The zero-order valence-corrected chi connectivity index (χ0v) is 14.3. The van der Waals surface area contributed by atoms with E-state index in [2.05, 4.69) is 16.0 Å². The number of likely N-dealkylation sites (N-methyl/N-ethyl adjacent to an activating group) is 2. The number of carbonyl (C=O) groups is 3. The molecule has 22 heavy (non-hydrogen) atoms. The van der Waals surface area contributed by atoms with Gasteiger partial charge in [0.25, 0.3) is 0 Å². The molecule has 0 aromatic heterocycles. The second-order valence-electron chi connectivity index (χ2n) is 5.37. The predicted molar refractivity (Wildman–Crippen MR) is 87.8 cm³/mol. The largest absolute Gasteiger partial charge is 0.356 e. The summed E-state index contributed by atoms with van der Waals surface area (Å²) >= 11 is 0. The first-order valence-corrected chi connectivity index (χ1v) is 8.16. The maximum Gasteiger partial charge on any atom is 0.222 e. The smallest absolute Gasteiger partial charge is 0.222 e. The normalized spacial score (nSPS) is 13.5. The van der Waals surface area contributed by atoms with Crippen molar-refractivity contribution in [2.75, 3.05) is 20.6 Å². The van der Waals surface area contributed by atoms with Crippen molar-refractivity contribution in [1.29, 1.82) is 0 Å². The van der Waals surface area contributed by atoms with Crippen molar-refractivity contribution in [2.45, 2.75) is 64.5 Å². The van der Waals surface area contributed by atoms with Gasteiger partial charge in [-0.15, -0.1) is 0 Å². The van der Waals surface area contributed by atoms with Gasteiger partial charge in [-0.3, -0.25) is 14.4 Å². The van der Waals surface area contributed by atoms with Gasteiger partial charge in [0.2, 0.25) is 5.91 Å². The molecular formula is C16H31N3O3. The molecule has 0 saturated carbocycles. The average molecular weight is 313 g/mol. The molecule has 128 valence electrons. The Bertz CT molecular complexity index is 359. The van der Waals surface area contributed by atoms with E-state index in [1.807, 2.05) is 6.92 Å². The van der Waals surface area contributed by atoms with Crippen molar-refractivity contribution < 1.29 is 14.4 Å². The number of rotatable bonds is 13. The lowest BCUT2D eigenvalue weighted by Crippen LogP contribution is -2.39. The highest BCUT2D eigenvalue weighted by atomic mass is 16.2. The highest BCUT2D eigenvalue weighted by molar-refractivity contribution is 5.89. The first-order chi connectivity index (χ1) is 10.5. The predicted octanol–water partition coefficient (Wildman–Crippen LogP) is 0.797. The van der Waals surface area contributed by atoms with Gasteiger partial charge < -0.3 is 16.0 Å². The van der Waals surface area contributed by atoms with E-state index in [0.29, 0.717) is 19.4 Å². The highest BCUT2D eigenvalue weighted by Crippen LogP contribution is 2.03. The van der Waals surface area contributed by atoms with Crippen LogP contribution in [0, 0.1) is 0 Å². The molecule has 3 N–H and O–H groups in total. The number of amides is 1. The maximum absolute atomic E-state index is 11.8. The molecule has 2 atom stereocenters. The summed E-state index contributed by atoms with van der Waals surface area (Å²) in [4.78, 5) is 34.9. The van der Waals surface area contributed by atoms with Gasteiger partial charge in [0.15, 0.2) is 0 Å². The van der Waals surface area contributed by atoms with Crippen LogP contribution in [0.2, 0.25) is 0 Å². The SMILES string of the molecule is CCC(=O)[C@H](CCCCNC(=O)C[C@H](NC)C(=O)CC)NC. The van der Waals surface area contributed by atoms with Gasteiger partial charge in [-0.2, -0.15) is 0 Å². The van der Waals surface area contributed by atoms with E-state index in [0.717, 1.165) is 19.3 Å². The molecule has 6 heteroatoms. The van der Waals surface area contributed by atoms with Crippen molar-refractivity contribution in [3.05, 3.63) is 0 Å². The van der Waals surface area contributed by atoms with Crippen molar-refractivity contribution in [3.8, 4) is 0 Å². The summed E-state index contributed by atoms with van der Waals surface area (Å²) in [5.74, 6) is 0.157. The number of ketones is 2. The van der Waals surface area contributed by atoms with E-state index in [4.69, 9.17) is 0 Å². The molecule has 6 nitrogen and oxygen atoms in total. The minimum Gasteiger partial charge on any atom is -0.356 e. The van der Waals surface area contributed by atoms with Gasteiger partial charge in [-0.1, -0.05) is 13.8 Å². The Morgan fingerprint density at radius 3 is 1.91 bits per heavy atom.